The summed E-state index contributed by atoms with van der Waals surface area (Å²) in [7, 11) is 0. The maximum absolute atomic E-state index is 12.8. The average molecular weight is 386 g/mol. The molecule has 2 amide bonds. The standard InChI is InChI=1S/C21H27N3O2S/c1-3-19(25)22-10-9-18-14-27-20(23-18)17-8-5-11-24(13-17)21(26)16-7-4-6-15(2)12-16/h4,6-7,12,14,17H,3,5,8-11,13H2,1-2H3,(H,22,25)/t17-/m1/s1. The van der Waals surface area contributed by atoms with Gasteiger partial charge in [0, 0.05) is 49.3 Å². The number of nitrogens with one attached hydrogen (secondary N) is 1. The summed E-state index contributed by atoms with van der Waals surface area (Å²) >= 11 is 1.67. The van der Waals surface area contributed by atoms with E-state index in [9.17, 15) is 9.59 Å². The monoisotopic (exact) mass is 385 g/mol. The molecule has 1 aromatic heterocycles. The van der Waals surface area contributed by atoms with E-state index in [0.29, 0.717) is 18.9 Å². The third-order valence-electron chi connectivity index (χ3n) is 4.92. The van der Waals surface area contributed by atoms with Crippen molar-refractivity contribution in [2.24, 2.45) is 0 Å². The molecule has 1 aliphatic rings. The van der Waals surface area contributed by atoms with Gasteiger partial charge in [0.15, 0.2) is 0 Å². The summed E-state index contributed by atoms with van der Waals surface area (Å²) in [5, 5.41) is 6.07. The number of likely N-dealkylation sites (tertiary alicyclic amines) is 1. The van der Waals surface area contributed by atoms with Gasteiger partial charge in [-0.3, -0.25) is 9.59 Å². The molecule has 1 aliphatic heterocycles. The number of hydrogen-bond donors (Lipinski definition) is 1. The molecule has 2 aromatic rings. The summed E-state index contributed by atoms with van der Waals surface area (Å²) in [6.07, 6.45) is 3.33. The van der Waals surface area contributed by atoms with Crippen molar-refractivity contribution in [1.29, 1.82) is 0 Å². The van der Waals surface area contributed by atoms with E-state index in [1.54, 1.807) is 11.3 Å². The van der Waals surface area contributed by atoms with Crippen LogP contribution in [-0.4, -0.2) is 41.3 Å². The Balaban J connectivity index is 1.59. The Bertz CT molecular complexity index is 802. The molecule has 144 valence electrons. The first kappa shape index (κ1) is 19.5. The average Bonchev–Trinajstić information content (AvgIpc) is 3.16. The van der Waals surface area contributed by atoms with Gasteiger partial charge in [0.05, 0.1) is 10.7 Å². The van der Waals surface area contributed by atoms with Gasteiger partial charge in [0.25, 0.3) is 5.91 Å². The van der Waals surface area contributed by atoms with Crippen LogP contribution in [0.2, 0.25) is 0 Å². The van der Waals surface area contributed by atoms with Gasteiger partial charge >= 0.3 is 0 Å². The number of carbonyl (C=O) groups excluding carboxylic acids is 2. The van der Waals surface area contributed by atoms with Gasteiger partial charge in [-0.25, -0.2) is 4.98 Å². The number of nitrogens with zero attached hydrogens (tertiary/aromatic N) is 2. The van der Waals surface area contributed by atoms with Crippen LogP contribution in [0.15, 0.2) is 29.6 Å². The van der Waals surface area contributed by atoms with Crippen molar-refractivity contribution in [3.05, 3.63) is 51.5 Å². The summed E-state index contributed by atoms with van der Waals surface area (Å²) < 4.78 is 0. The second-order valence-electron chi connectivity index (χ2n) is 7.09. The fraction of sp³-hybridized carbons (Fsp3) is 0.476. The van der Waals surface area contributed by atoms with Crippen molar-refractivity contribution in [1.82, 2.24) is 15.2 Å². The van der Waals surface area contributed by atoms with Gasteiger partial charge < -0.3 is 10.2 Å². The number of thiazole rings is 1. The highest BCUT2D eigenvalue weighted by Crippen LogP contribution is 2.30. The summed E-state index contributed by atoms with van der Waals surface area (Å²) in [5.41, 5.74) is 2.89. The fourth-order valence-electron chi connectivity index (χ4n) is 3.40. The number of amides is 2. The van der Waals surface area contributed by atoms with Crippen molar-refractivity contribution >= 4 is 23.2 Å². The third kappa shape index (κ3) is 5.16. The first-order chi connectivity index (χ1) is 13.1. The lowest BCUT2D eigenvalue weighted by molar-refractivity contribution is -0.120. The molecule has 5 nitrogen and oxygen atoms in total. The molecule has 1 saturated heterocycles. The van der Waals surface area contributed by atoms with Crippen molar-refractivity contribution in [2.45, 2.75) is 45.4 Å². The predicted octanol–water partition coefficient (Wildman–Crippen LogP) is 3.54. The topological polar surface area (TPSA) is 62.3 Å². The van der Waals surface area contributed by atoms with Gasteiger partial charge in [-0.15, -0.1) is 11.3 Å². The van der Waals surface area contributed by atoms with E-state index in [0.717, 1.165) is 54.2 Å². The number of aryl methyl sites for hydroxylation is 1. The van der Waals surface area contributed by atoms with Crippen LogP contribution in [0.1, 0.15) is 58.7 Å². The third-order valence-corrected chi connectivity index (χ3v) is 5.97. The molecule has 0 bridgehead atoms. The minimum Gasteiger partial charge on any atom is -0.356 e. The second kappa shape index (κ2) is 9.13. The van der Waals surface area contributed by atoms with Crippen LogP contribution in [0.3, 0.4) is 0 Å². The van der Waals surface area contributed by atoms with Crippen LogP contribution in [0.5, 0.6) is 0 Å². The number of rotatable bonds is 6. The first-order valence-corrected chi connectivity index (χ1v) is 10.5. The van der Waals surface area contributed by atoms with E-state index in [-0.39, 0.29) is 11.8 Å². The van der Waals surface area contributed by atoms with Crippen LogP contribution >= 0.6 is 11.3 Å². The van der Waals surface area contributed by atoms with Gasteiger partial charge in [-0.2, -0.15) is 0 Å². The fourth-order valence-corrected chi connectivity index (χ4v) is 4.39. The number of benzene rings is 1. The zero-order chi connectivity index (χ0) is 19.2. The number of carbonyl (C=O) groups is 2. The first-order valence-electron chi connectivity index (χ1n) is 9.63. The zero-order valence-corrected chi connectivity index (χ0v) is 16.8. The molecule has 3 rings (SSSR count). The minimum absolute atomic E-state index is 0.0723. The SMILES string of the molecule is CCC(=O)NCCc1csc([C@@H]2CCCN(C(=O)c3cccc(C)c3)C2)n1. The van der Waals surface area contributed by atoms with Crippen LogP contribution < -0.4 is 5.32 Å². The van der Waals surface area contributed by atoms with Crippen molar-refractivity contribution < 1.29 is 9.59 Å². The molecule has 0 spiro atoms. The summed E-state index contributed by atoms with van der Waals surface area (Å²) in [6.45, 7) is 6.02. The Morgan fingerprint density at radius 2 is 2.22 bits per heavy atom. The normalized spacial score (nSPS) is 17.0. The van der Waals surface area contributed by atoms with Gasteiger partial charge in [-0.05, 0) is 31.9 Å². The van der Waals surface area contributed by atoms with E-state index in [4.69, 9.17) is 4.98 Å². The zero-order valence-electron chi connectivity index (χ0n) is 16.0. The predicted molar refractivity (Wildman–Crippen MR) is 108 cm³/mol. The maximum Gasteiger partial charge on any atom is 0.253 e. The van der Waals surface area contributed by atoms with Crippen molar-refractivity contribution in [3.63, 3.8) is 0 Å². The molecule has 1 aromatic carbocycles. The minimum atomic E-state index is 0.0723. The van der Waals surface area contributed by atoms with E-state index >= 15 is 0 Å². The summed E-state index contributed by atoms with van der Waals surface area (Å²) in [6, 6.07) is 7.80. The number of piperidine rings is 1. The molecule has 2 heterocycles. The Labute approximate surface area is 164 Å². The lowest BCUT2D eigenvalue weighted by Gasteiger charge is -2.32. The summed E-state index contributed by atoms with van der Waals surface area (Å²) in [4.78, 5) is 30.9. The molecule has 0 aliphatic carbocycles. The Morgan fingerprint density at radius 3 is 3.00 bits per heavy atom. The van der Waals surface area contributed by atoms with Gasteiger partial charge in [0.1, 0.15) is 0 Å². The van der Waals surface area contributed by atoms with Gasteiger partial charge in [0.2, 0.25) is 5.91 Å². The van der Waals surface area contributed by atoms with Crippen LogP contribution in [-0.2, 0) is 11.2 Å². The number of hydrogen-bond acceptors (Lipinski definition) is 4. The molecular formula is C21H27N3O2S. The Morgan fingerprint density at radius 1 is 1.37 bits per heavy atom. The number of aromatic nitrogens is 1. The highest BCUT2D eigenvalue weighted by Gasteiger charge is 2.27. The molecule has 6 heteroatoms. The van der Waals surface area contributed by atoms with E-state index < -0.39 is 0 Å². The second-order valence-corrected chi connectivity index (χ2v) is 7.98. The largest absolute Gasteiger partial charge is 0.356 e. The van der Waals surface area contributed by atoms with Crippen LogP contribution in [0, 0.1) is 6.92 Å². The molecule has 1 N–H and O–H groups in total. The van der Waals surface area contributed by atoms with Gasteiger partial charge in [-0.1, -0.05) is 24.6 Å². The van der Waals surface area contributed by atoms with E-state index in [1.807, 2.05) is 43.0 Å². The summed E-state index contributed by atoms with van der Waals surface area (Å²) in [5.74, 6) is 0.488. The Hall–Kier alpha value is -2.21. The Kier molecular flexibility index (Phi) is 6.61. The lowest BCUT2D eigenvalue weighted by atomic mass is 9.97. The maximum atomic E-state index is 12.8. The van der Waals surface area contributed by atoms with Crippen LogP contribution in [0.4, 0.5) is 0 Å². The van der Waals surface area contributed by atoms with E-state index in [1.165, 1.54) is 0 Å². The van der Waals surface area contributed by atoms with Crippen LogP contribution in [0.25, 0.3) is 0 Å². The molecule has 27 heavy (non-hydrogen) atoms. The molecule has 0 radical (unpaired) electrons. The quantitative estimate of drug-likeness (QED) is 0.827. The molecule has 0 saturated carbocycles. The lowest BCUT2D eigenvalue weighted by Crippen LogP contribution is -2.39. The molecule has 1 atom stereocenters. The van der Waals surface area contributed by atoms with E-state index in [2.05, 4.69) is 10.7 Å². The smallest absolute Gasteiger partial charge is 0.253 e. The molecule has 1 fully saturated rings. The highest BCUT2D eigenvalue weighted by atomic mass is 32.1. The molecule has 0 unspecified atom stereocenters. The van der Waals surface area contributed by atoms with Crippen molar-refractivity contribution in [3.8, 4) is 0 Å². The molecular weight excluding hydrogens is 358 g/mol. The van der Waals surface area contributed by atoms with Crippen molar-refractivity contribution in [2.75, 3.05) is 19.6 Å². The highest BCUT2D eigenvalue weighted by molar-refractivity contribution is 7.09.